The predicted molar refractivity (Wildman–Crippen MR) is 120 cm³/mol. The predicted octanol–water partition coefficient (Wildman–Crippen LogP) is 3.66. The Morgan fingerprint density at radius 1 is 1.06 bits per heavy atom. The second-order valence-corrected chi connectivity index (χ2v) is 8.19. The number of rotatable bonds is 6. The lowest BCUT2D eigenvalue weighted by molar-refractivity contribution is -0.147. The highest BCUT2D eigenvalue weighted by molar-refractivity contribution is 7.18. The molecule has 4 rings (SSSR count). The van der Waals surface area contributed by atoms with E-state index in [1.807, 2.05) is 54.6 Å². The third kappa shape index (κ3) is 4.00. The van der Waals surface area contributed by atoms with Crippen LogP contribution in [0.3, 0.4) is 0 Å². The minimum absolute atomic E-state index is 0.0415. The molecule has 1 aliphatic heterocycles. The summed E-state index contributed by atoms with van der Waals surface area (Å²) in [5, 5.41) is 10.5. The Bertz CT molecular complexity index is 1180. The summed E-state index contributed by atoms with van der Waals surface area (Å²) in [5.74, 6) is -0.553. The van der Waals surface area contributed by atoms with Gasteiger partial charge in [-0.2, -0.15) is 5.26 Å². The minimum Gasteiger partial charge on any atom is -0.457 e. The van der Waals surface area contributed by atoms with Crippen molar-refractivity contribution in [1.29, 1.82) is 5.26 Å². The third-order valence-corrected chi connectivity index (χ3v) is 6.20. The lowest BCUT2D eigenvalue weighted by Gasteiger charge is -2.19. The number of anilines is 2. The lowest BCUT2D eigenvalue weighted by Crippen LogP contribution is -2.27. The molecule has 0 fully saturated rings. The molecule has 0 N–H and O–H groups in total. The summed E-state index contributed by atoms with van der Waals surface area (Å²) >= 11 is 1.54. The molecule has 2 aromatic carbocycles. The molecule has 31 heavy (non-hydrogen) atoms. The zero-order valence-electron chi connectivity index (χ0n) is 17.2. The number of nitriles is 1. The van der Waals surface area contributed by atoms with Crippen LogP contribution in [0.2, 0.25) is 0 Å². The van der Waals surface area contributed by atoms with Crippen LogP contribution in [0.25, 0.3) is 10.2 Å². The maximum Gasteiger partial charge on any atom is 0.306 e. The van der Waals surface area contributed by atoms with Crippen molar-refractivity contribution in [1.82, 2.24) is 4.98 Å². The van der Waals surface area contributed by atoms with Gasteiger partial charge in [0.05, 0.1) is 33.0 Å². The van der Waals surface area contributed by atoms with Gasteiger partial charge in [-0.1, -0.05) is 24.3 Å². The van der Waals surface area contributed by atoms with Gasteiger partial charge in [0, 0.05) is 20.5 Å². The van der Waals surface area contributed by atoms with Crippen LogP contribution in [-0.4, -0.2) is 37.4 Å². The largest absolute Gasteiger partial charge is 0.457 e. The average molecular weight is 433 g/mol. The Kier molecular flexibility index (Phi) is 5.69. The van der Waals surface area contributed by atoms with Gasteiger partial charge < -0.3 is 14.5 Å². The molecule has 7 nitrogen and oxygen atoms in total. The number of ketones is 1. The smallest absolute Gasteiger partial charge is 0.306 e. The summed E-state index contributed by atoms with van der Waals surface area (Å²) in [5.41, 5.74) is 2.66. The Morgan fingerprint density at radius 3 is 2.35 bits per heavy atom. The first-order chi connectivity index (χ1) is 15.0. The first-order valence-electron chi connectivity index (χ1n) is 9.73. The van der Waals surface area contributed by atoms with E-state index in [-0.39, 0.29) is 12.0 Å². The zero-order chi connectivity index (χ0) is 22.0. The highest BCUT2D eigenvalue weighted by atomic mass is 32.1. The number of esters is 1. The molecule has 156 valence electrons. The van der Waals surface area contributed by atoms with Crippen LogP contribution >= 0.6 is 11.3 Å². The van der Waals surface area contributed by atoms with E-state index in [2.05, 4.69) is 4.98 Å². The number of aromatic nitrogens is 1. The number of para-hydroxylation sites is 3. The van der Waals surface area contributed by atoms with Gasteiger partial charge in [-0.3, -0.25) is 9.59 Å². The van der Waals surface area contributed by atoms with E-state index < -0.39 is 18.4 Å². The summed E-state index contributed by atoms with van der Waals surface area (Å²) in [6, 6.07) is 17.4. The quantitative estimate of drug-likeness (QED) is 0.334. The van der Waals surface area contributed by atoms with Gasteiger partial charge in [0.2, 0.25) is 5.78 Å². The van der Waals surface area contributed by atoms with Crippen LogP contribution in [0.5, 0.6) is 0 Å². The maximum absolute atomic E-state index is 12.7. The van der Waals surface area contributed by atoms with Crippen LogP contribution in [0, 0.1) is 11.3 Å². The number of thiazole rings is 1. The van der Waals surface area contributed by atoms with Crippen LogP contribution in [0.15, 0.2) is 59.9 Å². The van der Waals surface area contributed by atoms with Crippen molar-refractivity contribution in [3.8, 4) is 6.07 Å². The number of ether oxygens (including phenoxy) is 1. The Balaban J connectivity index is 1.39. The van der Waals surface area contributed by atoms with Crippen molar-refractivity contribution >= 4 is 44.7 Å². The van der Waals surface area contributed by atoms with Crippen molar-refractivity contribution in [3.63, 3.8) is 0 Å². The van der Waals surface area contributed by atoms with Gasteiger partial charge in [-0.15, -0.1) is 11.3 Å². The van der Waals surface area contributed by atoms with Gasteiger partial charge in [-0.25, -0.2) is 4.98 Å². The molecule has 0 aliphatic carbocycles. The number of carbonyl (C=O) groups is 2. The number of hydrogen-bond donors (Lipinski definition) is 0. The normalized spacial score (nSPS) is 12.6. The van der Waals surface area contributed by atoms with Gasteiger partial charge in [0.15, 0.2) is 6.61 Å². The summed E-state index contributed by atoms with van der Waals surface area (Å²) in [6.45, 7) is -0.469. The summed E-state index contributed by atoms with van der Waals surface area (Å²) in [7, 11) is 3.60. The van der Waals surface area contributed by atoms with E-state index in [0.29, 0.717) is 12.2 Å². The van der Waals surface area contributed by atoms with Crippen LogP contribution in [-0.2, 0) is 20.7 Å². The molecule has 0 saturated heterocycles. The number of benzene rings is 2. The second-order valence-electron chi connectivity index (χ2n) is 7.08. The topological polar surface area (TPSA) is 86.5 Å². The Labute approximate surface area is 183 Å². The molecule has 3 aromatic rings. The van der Waals surface area contributed by atoms with Crippen LogP contribution in [0.1, 0.15) is 11.4 Å². The standard InChI is InChI=1S/C23H20N4O3S/c1-26-17-8-4-5-9-18(17)27(2)23(26)15(13-24)19(28)14-30-22(29)12-11-21-25-16-7-3-6-10-20(16)31-21/h3-10H,11-12,14H2,1-2H3. The summed E-state index contributed by atoms with van der Waals surface area (Å²) < 4.78 is 6.22. The van der Waals surface area contributed by atoms with Gasteiger partial charge in [0.25, 0.3) is 0 Å². The second kappa shape index (κ2) is 8.58. The number of Topliss-reactive ketones (excluding diaryl/α,β-unsaturated/α-hetero) is 1. The van der Waals surface area contributed by atoms with Gasteiger partial charge in [0.1, 0.15) is 17.5 Å². The molecule has 0 spiro atoms. The monoisotopic (exact) mass is 432 g/mol. The SMILES string of the molecule is CN1C(=C(C#N)C(=O)COC(=O)CCc2nc3ccccc3s2)N(C)c2ccccc21. The molecule has 2 heterocycles. The first-order valence-corrected chi connectivity index (χ1v) is 10.6. The molecular formula is C23H20N4O3S. The molecule has 0 unspecified atom stereocenters. The van der Waals surface area contributed by atoms with E-state index in [4.69, 9.17) is 4.74 Å². The Hall–Kier alpha value is -3.70. The number of carbonyl (C=O) groups excluding carboxylic acids is 2. The third-order valence-electron chi connectivity index (χ3n) is 5.10. The number of fused-ring (bicyclic) bond motifs is 2. The number of aryl methyl sites for hydroxylation is 1. The van der Waals surface area contributed by atoms with Crippen molar-refractivity contribution in [2.75, 3.05) is 30.5 Å². The zero-order valence-corrected chi connectivity index (χ0v) is 18.0. The van der Waals surface area contributed by atoms with Crippen molar-refractivity contribution in [2.45, 2.75) is 12.8 Å². The molecule has 0 saturated carbocycles. The van der Waals surface area contributed by atoms with Gasteiger partial charge in [-0.05, 0) is 24.3 Å². The Morgan fingerprint density at radius 2 is 1.71 bits per heavy atom. The highest BCUT2D eigenvalue weighted by Gasteiger charge is 2.31. The van der Waals surface area contributed by atoms with Crippen molar-refractivity contribution in [2.24, 2.45) is 0 Å². The molecular weight excluding hydrogens is 412 g/mol. The van der Waals surface area contributed by atoms with E-state index in [9.17, 15) is 14.9 Å². The molecule has 0 atom stereocenters. The fourth-order valence-electron chi connectivity index (χ4n) is 3.58. The summed E-state index contributed by atoms with van der Waals surface area (Å²) in [4.78, 5) is 32.9. The molecule has 1 aromatic heterocycles. The average Bonchev–Trinajstić information content (AvgIpc) is 3.31. The van der Waals surface area contributed by atoms with E-state index in [1.165, 1.54) is 11.3 Å². The van der Waals surface area contributed by atoms with Crippen molar-refractivity contribution < 1.29 is 14.3 Å². The van der Waals surface area contributed by atoms with Crippen LogP contribution < -0.4 is 9.80 Å². The van der Waals surface area contributed by atoms with E-state index >= 15 is 0 Å². The molecule has 0 amide bonds. The van der Waals surface area contributed by atoms with E-state index in [1.54, 1.807) is 23.9 Å². The fourth-order valence-corrected chi connectivity index (χ4v) is 4.55. The lowest BCUT2D eigenvalue weighted by atomic mass is 10.2. The number of hydrogen-bond acceptors (Lipinski definition) is 8. The molecule has 1 aliphatic rings. The first kappa shape index (κ1) is 20.6. The number of nitrogens with zero attached hydrogens (tertiary/aromatic N) is 4. The highest BCUT2D eigenvalue weighted by Crippen LogP contribution is 2.40. The molecule has 8 heteroatoms. The van der Waals surface area contributed by atoms with E-state index in [0.717, 1.165) is 26.6 Å². The molecule has 0 radical (unpaired) electrons. The fraction of sp³-hybridized carbons (Fsp3) is 0.217. The molecule has 0 bridgehead atoms. The van der Waals surface area contributed by atoms with Crippen molar-refractivity contribution in [3.05, 3.63) is 64.9 Å². The summed E-state index contributed by atoms with van der Waals surface area (Å²) in [6.07, 6.45) is 0.566. The maximum atomic E-state index is 12.7. The van der Waals surface area contributed by atoms with Crippen LogP contribution in [0.4, 0.5) is 11.4 Å². The minimum atomic E-state index is -0.530. The van der Waals surface area contributed by atoms with Gasteiger partial charge >= 0.3 is 5.97 Å².